The van der Waals surface area contributed by atoms with E-state index in [2.05, 4.69) is 26.0 Å². The van der Waals surface area contributed by atoms with Gasteiger partial charge in [-0.1, -0.05) is 26.0 Å². The number of carbonyl (C=O) groups is 1. The van der Waals surface area contributed by atoms with E-state index in [0.717, 1.165) is 6.42 Å². The maximum atomic E-state index is 11.3. The Morgan fingerprint density at radius 2 is 2.17 bits per heavy atom. The lowest BCUT2D eigenvalue weighted by molar-refractivity contribution is -0.148. The monoisotopic (exact) mass is 168 g/mol. The third-order valence-electron chi connectivity index (χ3n) is 2.60. The molecule has 1 aliphatic rings. The van der Waals surface area contributed by atoms with Gasteiger partial charge in [0.05, 0.1) is 13.0 Å². The molecule has 0 aromatic rings. The molecular weight excluding hydrogens is 152 g/mol. The summed E-state index contributed by atoms with van der Waals surface area (Å²) in [5.41, 5.74) is 0. The molecule has 0 saturated heterocycles. The van der Waals surface area contributed by atoms with Crippen molar-refractivity contribution in [3.63, 3.8) is 0 Å². The summed E-state index contributed by atoms with van der Waals surface area (Å²) in [6, 6.07) is 0. The van der Waals surface area contributed by atoms with Crippen molar-refractivity contribution in [1.29, 1.82) is 0 Å². The summed E-state index contributed by atoms with van der Waals surface area (Å²) < 4.78 is 4.76. The molecule has 68 valence electrons. The summed E-state index contributed by atoms with van der Waals surface area (Å²) in [6.07, 6.45) is 5.24. The van der Waals surface area contributed by atoms with Crippen LogP contribution >= 0.6 is 0 Å². The first-order valence-electron chi connectivity index (χ1n) is 4.41. The number of methoxy groups -OCH3 is 1. The van der Waals surface area contributed by atoms with Crippen molar-refractivity contribution in [2.75, 3.05) is 7.11 Å². The van der Waals surface area contributed by atoms with E-state index in [0.29, 0.717) is 11.8 Å². The van der Waals surface area contributed by atoms with Crippen LogP contribution in [0, 0.1) is 17.8 Å². The first kappa shape index (κ1) is 9.30. The molecule has 0 aliphatic heterocycles. The van der Waals surface area contributed by atoms with E-state index in [4.69, 9.17) is 4.74 Å². The summed E-state index contributed by atoms with van der Waals surface area (Å²) in [4.78, 5) is 11.3. The van der Waals surface area contributed by atoms with E-state index >= 15 is 0 Å². The lowest BCUT2D eigenvalue weighted by atomic mass is 9.78. The van der Waals surface area contributed by atoms with Crippen LogP contribution in [0.5, 0.6) is 0 Å². The van der Waals surface area contributed by atoms with Crippen LogP contribution in [0.2, 0.25) is 0 Å². The number of esters is 1. The molecule has 3 unspecified atom stereocenters. The van der Waals surface area contributed by atoms with Gasteiger partial charge in [0, 0.05) is 0 Å². The summed E-state index contributed by atoms with van der Waals surface area (Å²) in [5.74, 6) is 0.720. The van der Waals surface area contributed by atoms with Crippen LogP contribution in [0.4, 0.5) is 0 Å². The second kappa shape index (κ2) is 3.74. The van der Waals surface area contributed by atoms with Gasteiger partial charge in [-0.25, -0.2) is 0 Å². The number of rotatable bonds is 1. The van der Waals surface area contributed by atoms with E-state index < -0.39 is 0 Å². The molecule has 0 fully saturated rings. The minimum atomic E-state index is -0.0700. The van der Waals surface area contributed by atoms with Crippen LogP contribution in [0.3, 0.4) is 0 Å². The van der Waals surface area contributed by atoms with Crippen LogP contribution in [0.1, 0.15) is 20.3 Å². The number of hydrogen-bond acceptors (Lipinski definition) is 2. The molecule has 2 heteroatoms. The Kier molecular flexibility index (Phi) is 2.90. The van der Waals surface area contributed by atoms with Gasteiger partial charge in [-0.15, -0.1) is 0 Å². The van der Waals surface area contributed by atoms with Crippen molar-refractivity contribution in [2.45, 2.75) is 20.3 Å². The Balaban J connectivity index is 2.72. The fourth-order valence-electron chi connectivity index (χ4n) is 1.88. The van der Waals surface area contributed by atoms with Crippen molar-refractivity contribution in [3.8, 4) is 0 Å². The standard InChI is InChI=1S/C10H16O2/c1-7-5-4-6-8(2)9(7)10(11)12-3/h4-5,7-9H,6H2,1-3H3. The van der Waals surface area contributed by atoms with Crippen molar-refractivity contribution in [1.82, 2.24) is 0 Å². The lowest BCUT2D eigenvalue weighted by Gasteiger charge is -2.28. The van der Waals surface area contributed by atoms with Crippen LogP contribution in [-0.2, 0) is 9.53 Å². The molecule has 0 heterocycles. The Morgan fingerprint density at radius 3 is 2.67 bits per heavy atom. The van der Waals surface area contributed by atoms with E-state index in [1.165, 1.54) is 7.11 Å². The van der Waals surface area contributed by atoms with E-state index in [9.17, 15) is 4.79 Å². The van der Waals surface area contributed by atoms with Crippen LogP contribution in [-0.4, -0.2) is 13.1 Å². The van der Waals surface area contributed by atoms with Gasteiger partial charge in [0.15, 0.2) is 0 Å². The lowest BCUT2D eigenvalue weighted by Crippen LogP contribution is -2.30. The Labute approximate surface area is 73.6 Å². The van der Waals surface area contributed by atoms with Gasteiger partial charge >= 0.3 is 5.97 Å². The predicted molar refractivity (Wildman–Crippen MR) is 47.6 cm³/mol. The third kappa shape index (κ3) is 1.68. The second-order valence-electron chi connectivity index (χ2n) is 3.55. The zero-order valence-electron chi connectivity index (χ0n) is 7.91. The molecule has 12 heavy (non-hydrogen) atoms. The molecular formula is C10H16O2. The van der Waals surface area contributed by atoms with Gasteiger partial charge in [0.2, 0.25) is 0 Å². The zero-order valence-corrected chi connectivity index (χ0v) is 7.91. The Hall–Kier alpha value is -0.790. The van der Waals surface area contributed by atoms with Crippen LogP contribution < -0.4 is 0 Å². The van der Waals surface area contributed by atoms with E-state index in [-0.39, 0.29) is 11.9 Å². The topological polar surface area (TPSA) is 26.3 Å². The van der Waals surface area contributed by atoms with Gasteiger partial charge in [0.1, 0.15) is 0 Å². The first-order valence-corrected chi connectivity index (χ1v) is 4.41. The van der Waals surface area contributed by atoms with Crippen molar-refractivity contribution < 1.29 is 9.53 Å². The molecule has 0 amide bonds. The number of hydrogen-bond donors (Lipinski definition) is 0. The van der Waals surface area contributed by atoms with E-state index in [1.807, 2.05) is 0 Å². The highest BCUT2D eigenvalue weighted by atomic mass is 16.5. The second-order valence-corrected chi connectivity index (χ2v) is 3.55. The van der Waals surface area contributed by atoms with E-state index in [1.54, 1.807) is 0 Å². The fraction of sp³-hybridized carbons (Fsp3) is 0.700. The molecule has 1 rings (SSSR count). The van der Waals surface area contributed by atoms with Crippen LogP contribution in [0.15, 0.2) is 12.2 Å². The molecule has 0 bridgehead atoms. The van der Waals surface area contributed by atoms with Gasteiger partial charge in [0.25, 0.3) is 0 Å². The highest BCUT2D eigenvalue weighted by Crippen LogP contribution is 2.30. The molecule has 0 aromatic carbocycles. The van der Waals surface area contributed by atoms with Crippen molar-refractivity contribution in [3.05, 3.63) is 12.2 Å². The molecule has 0 aromatic heterocycles. The Bertz CT molecular complexity index is 196. The normalized spacial score (nSPS) is 34.8. The SMILES string of the molecule is COC(=O)C1C(C)C=CCC1C. The average molecular weight is 168 g/mol. The van der Waals surface area contributed by atoms with Crippen molar-refractivity contribution >= 4 is 5.97 Å². The zero-order chi connectivity index (χ0) is 9.14. The molecule has 0 N–H and O–H groups in total. The number of carbonyl (C=O) groups excluding carboxylic acids is 1. The fourth-order valence-corrected chi connectivity index (χ4v) is 1.88. The maximum absolute atomic E-state index is 11.3. The first-order chi connectivity index (χ1) is 5.66. The van der Waals surface area contributed by atoms with Crippen LogP contribution in [0.25, 0.3) is 0 Å². The minimum absolute atomic E-state index is 0.0556. The van der Waals surface area contributed by atoms with Crippen molar-refractivity contribution in [2.24, 2.45) is 17.8 Å². The Morgan fingerprint density at radius 1 is 1.50 bits per heavy atom. The number of allylic oxidation sites excluding steroid dienone is 2. The summed E-state index contributed by atoms with van der Waals surface area (Å²) in [6.45, 7) is 4.16. The smallest absolute Gasteiger partial charge is 0.309 e. The third-order valence-corrected chi connectivity index (χ3v) is 2.60. The molecule has 3 atom stereocenters. The maximum Gasteiger partial charge on any atom is 0.309 e. The van der Waals surface area contributed by atoms with Gasteiger partial charge in [-0.2, -0.15) is 0 Å². The highest BCUT2D eigenvalue weighted by molar-refractivity contribution is 5.73. The molecule has 1 aliphatic carbocycles. The van der Waals surface area contributed by atoms with Gasteiger partial charge in [-0.3, -0.25) is 4.79 Å². The quantitative estimate of drug-likeness (QED) is 0.442. The number of ether oxygens (including phenoxy) is 1. The molecule has 0 spiro atoms. The molecule has 2 nitrogen and oxygen atoms in total. The molecule has 0 saturated carbocycles. The summed E-state index contributed by atoms with van der Waals surface area (Å²) in [7, 11) is 1.46. The highest BCUT2D eigenvalue weighted by Gasteiger charge is 2.31. The summed E-state index contributed by atoms with van der Waals surface area (Å²) >= 11 is 0. The minimum Gasteiger partial charge on any atom is -0.469 e. The average Bonchev–Trinajstić information content (AvgIpc) is 2.03. The molecule has 0 radical (unpaired) electrons. The van der Waals surface area contributed by atoms with Gasteiger partial charge in [-0.05, 0) is 18.3 Å². The predicted octanol–water partition coefficient (Wildman–Crippen LogP) is 2.01. The summed E-state index contributed by atoms with van der Waals surface area (Å²) in [5, 5.41) is 0. The largest absolute Gasteiger partial charge is 0.469 e. The van der Waals surface area contributed by atoms with Gasteiger partial charge < -0.3 is 4.74 Å².